The van der Waals surface area contributed by atoms with E-state index in [0.717, 1.165) is 48.6 Å². The predicted molar refractivity (Wildman–Crippen MR) is 179 cm³/mol. The highest BCUT2D eigenvalue weighted by atomic mass is 35.5. The molecular formula is C35H47ClN2O6S. The fourth-order valence-electron chi connectivity index (χ4n) is 7.18. The molecule has 2 aromatic carbocycles. The second kappa shape index (κ2) is 13.3. The molecule has 3 N–H and O–H groups in total. The molecule has 1 aliphatic heterocycles. The maximum Gasteiger partial charge on any atom is 0.338 e. The molecule has 0 radical (unpaired) electrons. The smallest absolute Gasteiger partial charge is 0.338 e. The number of allylic oxidation sites excluding steroid dienone is 1. The van der Waals surface area contributed by atoms with Crippen molar-refractivity contribution in [2.45, 2.75) is 95.0 Å². The van der Waals surface area contributed by atoms with Crippen molar-refractivity contribution in [2.75, 3.05) is 24.6 Å². The van der Waals surface area contributed by atoms with Gasteiger partial charge in [0.2, 0.25) is 10.0 Å². The topological polar surface area (TPSA) is 119 Å². The first kappa shape index (κ1) is 33.8. The van der Waals surface area contributed by atoms with E-state index in [9.17, 15) is 18.3 Å². The summed E-state index contributed by atoms with van der Waals surface area (Å²) >= 11 is 6.40. The first-order valence-electron chi connectivity index (χ1n) is 16.1. The summed E-state index contributed by atoms with van der Waals surface area (Å²) in [6.45, 7) is 9.26. The Morgan fingerprint density at radius 2 is 2.02 bits per heavy atom. The van der Waals surface area contributed by atoms with E-state index < -0.39 is 27.0 Å². The number of fused-ring (bicyclic) bond motifs is 3. The number of carbonyl (C=O) groups is 1. The Bertz CT molecular complexity index is 1540. The van der Waals surface area contributed by atoms with E-state index in [2.05, 4.69) is 17.0 Å². The third-order valence-electron chi connectivity index (χ3n) is 9.69. The maximum absolute atomic E-state index is 13.1. The summed E-state index contributed by atoms with van der Waals surface area (Å²) in [6.07, 6.45) is 8.29. The van der Waals surface area contributed by atoms with Crippen LogP contribution in [0.1, 0.15) is 87.7 Å². The highest BCUT2D eigenvalue weighted by Crippen LogP contribution is 2.46. The minimum absolute atomic E-state index is 0.0332. The number of primary sulfonamides is 1. The summed E-state index contributed by atoms with van der Waals surface area (Å²) in [7, 11) is -3.64. The Labute approximate surface area is 273 Å². The SMILES string of the molecule is CC[C@H](C/C=C/[C@H](O)[C@@H]1CC[C@H]1CN1C[C@@]2(CCCc3cc(Cl)ccc32)COc2ccc(C(=O)OC(C)(C)C)cc21)S(N)(=O)=O. The number of ether oxygens (including phenoxy) is 2. The van der Waals surface area contributed by atoms with Crippen LogP contribution in [0, 0.1) is 11.8 Å². The van der Waals surface area contributed by atoms with E-state index in [0.29, 0.717) is 31.7 Å². The monoisotopic (exact) mass is 658 g/mol. The molecular weight excluding hydrogens is 612 g/mol. The summed E-state index contributed by atoms with van der Waals surface area (Å²) in [5, 5.41) is 16.6. The molecule has 3 aliphatic rings. The van der Waals surface area contributed by atoms with Gasteiger partial charge in [0.05, 0.1) is 29.2 Å². The molecule has 1 heterocycles. The lowest BCUT2D eigenvalue weighted by atomic mass is 9.68. The molecule has 5 atom stereocenters. The molecule has 0 aromatic heterocycles. The van der Waals surface area contributed by atoms with Gasteiger partial charge in [-0.1, -0.05) is 36.7 Å². The molecule has 0 amide bonds. The van der Waals surface area contributed by atoms with Crippen LogP contribution in [0.15, 0.2) is 48.6 Å². The van der Waals surface area contributed by atoms with Gasteiger partial charge in [-0.15, -0.1) is 0 Å². The number of hydrogen-bond acceptors (Lipinski definition) is 7. The zero-order chi connectivity index (χ0) is 32.6. The second-order valence-corrected chi connectivity index (χ2v) is 16.3. The van der Waals surface area contributed by atoms with Crippen LogP contribution >= 0.6 is 11.6 Å². The number of sulfonamides is 1. The number of nitrogens with zero attached hydrogens (tertiary/aromatic N) is 1. The van der Waals surface area contributed by atoms with E-state index in [-0.39, 0.29) is 29.6 Å². The Balaban J connectivity index is 1.43. The van der Waals surface area contributed by atoms with E-state index in [1.165, 1.54) is 11.1 Å². The zero-order valence-corrected chi connectivity index (χ0v) is 28.4. The number of aliphatic hydroxyl groups excluding tert-OH is 1. The van der Waals surface area contributed by atoms with Gasteiger partial charge < -0.3 is 19.5 Å². The third-order valence-corrected chi connectivity index (χ3v) is 11.4. The molecule has 0 saturated heterocycles. The van der Waals surface area contributed by atoms with Gasteiger partial charge in [0.1, 0.15) is 11.4 Å². The number of rotatable bonds is 9. The first-order chi connectivity index (χ1) is 21.2. The highest BCUT2D eigenvalue weighted by Gasteiger charge is 2.44. The Kier molecular flexibility index (Phi) is 9.95. The van der Waals surface area contributed by atoms with Crippen molar-refractivity contribution in [3.05, 3.63) is 70.3 Å². The minimum Gasteiger partial charge on any atom is -0.490 e. The van der Waals surface area contributed by atoms with Crippen molar-refractivity contribution < 1.29 is 27.8 Å². The molecule has 2 aromatic rings. The zero-order valence-electron chi connectivity index (χ0n) is 26.8. The quantitative estimate of drug-likeness (QED) is 0.244. The van der Waals surface area contributed by atoms with Crippen molar-refractivity contribution in [2.24, 2.45) is 17.0 Å². The summed E-state index contributed by atoms with van der Waals surface area (Å²) in [5.41, 5.74) is 2.96. The lowest BCUT2D eigenvalue weighted by molar-refractivity contribution is 0.00694. The van der Waals surface area contributed by atoms with Crippen LogP contribution in [0.2, 0.25) is 5.02 Å². The van der Waals surface area contributed by atoms with Crippen LogP contribution in [0.3, 0.4) is 0 Å². The maximum atomic E-state index is 13.1. The average molecular weight is 659 g/mol. The average Bonchev–Trinajstić information content (AvgIpc) is 3.08. The van der Waals surface area contributed by atoms with Gasteiger partial charge >= 0.3 is 5.97 Å². The molecule has 8 nitrogen and oxygen atoms in total. The largest absolute Gasteiger partial charge is 0.490 e. The van der Waals surface area contributed by atoms with Gasteiger partial charge in [0.25, 0.3) is 0 Å². The van der Waals surface area contributed by atoms with Crippen molar-refractivity contribution in [3.8, 4) is 5.75 Å². The van der Waals surface area contributed by atoms with Crippen molar-refractivity contribution in [3.63, 3.8) is 0 Å². The van der Waals surface area contributed by atoms with Crippen LogP contribution in [0.4, 0.5) is 5.69 Å². The van der Waals surface area contributed by atoms with Gasteiger partial charge in [-0.25, -0.2) is 18.4 Å². The van der Waals surface area contributed by atoms with E-state index in [1.54, 1.807) is 25.1 Å². The van der Waals surface area contributed by atoms with Crippen LogP contribution < -0.4 is 14.8 Å². The molecule has 45 heavy (non-hydrogen) atoms. The molecule has 1 spiro atoms. The normalized spacial score (nSPS) is 24.6. The first-order valence-corrected chi connectivity index (χ1v) is 18.1. The minimum atomic E-state index is -3.64. The number of carbonyl (C=O) groups excluding carboxylic acids is 1. The van der Waals surface area contributed by atoms with Crippen molar-refractivity contribution >= 4 is 33.3 Å². The number of anilines is 1. The molecule has 246 valence electrons. The molecule has 0 bridgehead atoms. The molecule has 0 unspecified atom stereocenters. The lowest BCUT2D eigenvalue weighted by Gasteiger charge is -2.45. The van der Waals surface area contributed by atoms with Gasteiger partial charge in [-0.05, 0) is 119 Å². The summed E-state index contributed by atoms with van der Waals surface area (Å²) in [6, 6.07) is 11.7. The fraction of sp³-hybridized carbons (Fsp3) is 0.571. The third kappa shape index (κ3) is 7.70. The number of esters is 1. The number of hydrogen-bond donors (Lipinski definition) is 2. The standard InChI is InChI=1S/C35H47ClN2O6S/c1-5-27(45(37,41)42)9-6-10-31(39)28-14-11-25(28)20-38-21-35(17-7-8-23-18-26(36)13-15-29(23)35)22-43-32-16-12-24(19-30(32)38)33(40)44-34(2,3)4/h6,10,12-13,15-16,18-19,25,27-28,31,39H,5,7-9,11,14,17,20-22H2,1-4H3,(H2,37,41,42)/b10-6+/t25-,27+,28+,31-,35-/m0/s1. The fourth-order valence-corrected chi connectivity index (χ4v) is 8.22. The van der Waals surface area contributed by atoms with E-state index in [4.69, 9.17) is 26.2 Å². The Morgan fingerprint density at radius 1 is 1.24 bits per heavy atom. The predicted octanol–water partition coefficient (Wildman–Crippen LogP) is 6.17. The van der Waals surface area contributed by atoms with Gasteiger partial charge in [0, 0.05) is 23.5 Å². The number of nitrogens with two attached hydrogens (primary N) is 1. The highest BCUT2D eigenvalue weighted by molar-refractivity contribution is 7.89. The summed E-state index contributed by atoms with van der Waals surface area (Å²) < 4.78 is 35.9. The van der Waals surface area contributed by atoms with Crippen LogP contribution in [-0.4, -0.2) is 56.1 Å². The number of aliphatic hydroxyl groups is 1. The van der Waals surface area contributed by atoms with Gasteiger partial charge in [-0.2, -0.15) is 0 Å². The number of aryl methyl sites for hydroxylation is 1. The van der Waals surface area contributed by atoms with Gasteiger partial charge in [0.15, 0.2) is 0 Å². The number of benzene rings is 2. The van der Waals surface area contributed by atoms with Crippen LogP contribution in [0.5, 0.6) is 5.75 Å². The Morgan fingerprint density at radius 3 is 2.69 bits per heavy atom. The van der Waals surface area contributed by atoms with Crippen molar-refractivity contribution in [1.29, 1.82) is 0 Å². The summed E-state index contributed by atoms with van der Waals surface area (Å²) in [4.78, 5) is 15.5. The molecule has 1 saturated carbocycles. The van der Waals surface area contributed by atoms with Crippen molar-refractivity contribution in [1.82, 2.24) is 0 Å². The van der Waals surface area contributed by atoms with Crippen LogP contribution in [0.25, 0.3) is 0 Å². The molecule has 2 aliphatic carbocycles. The lowest BCUT2D eigenvalue weighted by Crippen LogP contribution is -2.49. The molecule has 5 rings (SSSR count). The van der Waals surface area contributed by atoms with E-state index >= 15 is 0 Å². The Hall–Kier alpha value is -2.59. The second-order valence-electron chi connectivity index (χ2n) is 14.1. The molecule has 10 heteroatoms. The van der Waals surface area contributed by atoms with Gasteiger partial charge in [-0.3, -0.25) is 0 Å². The van der Waals surface area contributed by atoms with Crippen LogP contribution in [-0.2, 0) is 26.6 Å². The number of halogens is 1. The molecule has 1 fully saturated rings. The summed E-state index contributed by atoms with van der Waals surface area (Å²) in [5.74, 6) is 0.580. The van der Waals surface area contributed by atoms with E-state index in [1.807, 2.05) is 39.0 Å².